The van der Waals surface area contributed by atoms with Gasteiger partial charge in [0.1, 0.15) is 6.61 Å². The Labute approximate surface area is 150 Å². The first kappa shape index (κ1) is 23.1. The topological polar surface area (TPSA) is 82.1 Å². The van der Waals surface area contributed by atoms with Crippen molar-refractivity contribution in [3.05, 3.63) is 35.9 Å². The van der Waals surface area contributed by atoms with Gasteiger partial charge in [0.2, 0.25) is 0 Å². The van der Waals surface area contributed by atoms with E-state index in [2.05, 4.69) is 0 Å². The molecule has 0 fully saturated rings. The molecule has 6 nitrogen and oxygen atoms in total. The van der Waals surface area contributed by atoms with E-state index in [0.29, 0.717) is 13.0 Å². The number of aliphatic carboxylic acids is 1. The fourth-order valence-electron chi connectivity index (χ4n) is 1.97. The van der Waals surface area contributed by atoms with Gasteiger partial charge in [0, 0.05) is 14.2 Å². The highest BCUT2D eigenvalue weighted by Crippen LogP contribution is 2.06. The molecule has 0 heterocycles. The fraction of sp³-hybridized carbons (Fsp3) is 0.579. The number of carbonyl (C=O) groups excluding carboxylic acids is 1. The number of carboxylic acids is 1. The zero-order valence-corrected chi connectivity index (χ0v) is 15.6. The van der Waals surface area contributed by atoms with Crippen molar-refractivity contribution < 1.29 is 28.9 Å². The zero-order valence-electron chi connectivity index (χ0n) is 15.6. The number of carbonyl (C=O) groups is 2. The molecule has 6 heteroatoms. The van der Waals surface area contributed by atoms with Gasteiger partial charge in [-0.3, -0.25) is 9.59 Å². The van der Waals surface area contributed by atoms with Crippen LogP contribution in [0.3, 0.4) is 0 Å². The third-order valence-electron chi connectivity index (χ3n) is 3.62. The molecular weight excluding hydrogens is 324 g/mol. The summed E-state index contributed by atoms with van der Waals surface area (Å²) in [5, 5.41) is 8.27. The third kappa shape index (κ3) is 12.1. The Morgan fingerprint density at radius 3 is 1.88 bits per heavy atom. The number of hydrogen-bond acceptors (Lipinski definition) is 5. The first-order valence-corrected chi connectivity index (χ1v) is 8.43. The predicted molar refractivity (Wildman–Crippen MR) is 95.3 cm³/mol. The minimum absolute atomic E-state index is 0.0386. The lowest BCUT2D eigenvalue weighted by molar-refractivity contribution is -0.147. The monoisotopic (exact) mass is 354 g/mol. The molecule has 2 atom stereocenters. The summed E-state index contributed by atoms with van der Waals surface area (Å²) < 4.78 is 15.1. The summed E-state index contributed by atoms with van der Waals surface area (Å²) >= 11 is 0. The maximum atomic E-state index is 11.4. The van der Waals surface area contributed by atoms with Crippen LogP contribution in [0, 0.1) is 0 Å². The summed E-state index contributed by atoms with van der Waals surface area (Å²) in [5.74, 6) is -1.01. The lowest BCUT2D eigenvalue weighted by Crippen LogP contribution is -2.17. The Hall–Kier alpha value is -1.92. The minimum Gasteiger partial charge on any atom is -0.481 e. The van der Waals surface area contributed by atoms with Crippen molar-refractivity contribution in [2.75, 3.05) is 14.2 Å². The van der Waals surface area contributed by atoms with Gasteiger partial charge in [0.25, 0.3) is 0 Å². The number of esters is 1. The van der Waals surface area contributed by atoms with Crippen molar-refractivity contribution >= 4 is 11.9 Å². The standard InChI is InChI=1S/C13H18O3.C6H12O3/c1-3-12(15-2)9-13(14)16-10-11-7-5-4-6-8-11;1-3-5(9-2)4-6(7)8/h4-8,12H,3,9-10H2,1-2H3;5H,3-4H2,1-2H3,(H,7,8). The van der Waals surface area contributed by atoms with Gasteiger partial charge in [-0.1, -0.05) is 44.2 Å². The summed E-state index contributed by atoms with van der Waals surface area (Å²) in [6.45, 7) is 4.22. The molecule has 0 aliphatic carbocycles. The summed E-state index contributed by atoms with van der Waals surface area (Å²) in [7, 11) is 3.13. The molecule has 0 aromatic heterocycles. The van der Waals surface area contributed by atoms with Gasteiger partial charge in [-0.15, -0.1) is 0 Å². The average Bonchev–Trinajstić information content (AvgIpc) is 2.63. The van der Waals surface area contributed by atoms with Crippen molar-refractivity contribution in [2.24, 2.45) is 0 Å². The summed E-state index contributed by atoms with van der Waals surface area (Å²) in [4.78, 5) is 21.5. The number of carboxylic acid groups (broad SMARTS) is 1. The molecule has 0 bridgehead atoms. The number of ether oxygens (including phenoxy) is 3. The highest BCUT2D eigenvalue weighted by Gasteiger charge is 2.12. The first-order chi connectivity index (χ1) is 12.0. The van der Waals surface area contributed by atoms with Gasteiger partial charge in [-0.2, -0.15) is 0 Å². The maximum Gasteiger partial charge on any atom is 0.308 e. The van der Waals surface area contributed by atoms with Crippen LogP contribution in [-0.4, -0.2) is 43.5 Å². The summed E-state index contributed by atoms with van der Waals surface area (Å²) in [6.07, 6.45) is 1.83. The van der Waals surface area contributed by atoms with Crippen molar-refractivity contribution in [1.82, 2.24) is 0 Å². The van der Waals surface area contributed by atoms with E-state index in [1.54, 1.807) is 7.11 Å². The van der Waals surface area contributed by atoms with Gasteiger partial charge < -0.3 is 19.3 Å². The van der Waals surface area contributed by atoms with E-state index in [1.807, 2.05) is 44.2 Å². The van der Waals surface area contributed by atoms with Gasteiger partial charge >= 0.3 is 11.9 Å². The molecule has 0 spiro atoms. The Kier molecular flexibility index (Phi) is 13.3. The van der Waals surface area contributed by atoms with Crippen LogP contribution in [0.1, 0.15) is 45.1 Å². The molecule has 0 aliphatic heterocycles. The smallest absolute Gasteiger partial charge is 0.308 e. The van der Waals surface area contributed by atoms with Crippen LogP contribution in [-0.2, 0) is 30.4 Å². The largest absolute Gasteiger partial charge is 0.481 e. The Morgan fingerprint density at radius 2 is 1.48 bits per heavy atom. The molecular formula is C19H30O6. The molecule has 2 unspecified atom stereocenters. The number of methoxy groups -OCH3 is 2. The molecule has 1 N–H and O–H groups in total. The maximum absolute atomic E-state index is 11.4. The number of benzene rings is 1. The highest BCUT2D eigenvalue weighted by molar-refractivity contribution is 5.70. The van der Waals surface area contributed by atoms with Gasteiger partial charge in [-0.05, 0) is 18.4 Å². The van der Waals surface area contributed by atoms with Crippen LogP contribution in [0.15, 0.2) is 30.3 Å². The molecule has 25 heavy (non-hydrogen) atoms. The molecule has 0 saturated heterocycles. The minimum atomic E-state index is -0.802. The SMILES string of the molecule is CCC(CC(=O)O)OC.CCC(CC(=O)OCc1ccccc1)OC. The predicted octanol–water partition coefficient (Wildman–Crippen LogP) is 3.43. The van der Waals surface area contributed by atoms with Crippen LogP contribution in [0.2, 0.25) is 0 Å². The van der Waals surface area contributed by atoms with Crippen molar-refractivity contribution in [2.45, 2.75) is 58.3 Å². The van der Waals surface area contributed by atoms with Crippen LogP contribution in [0.25, 0.3) is 0 Å². The molecule has 0 amide bonds. The van der Waals surface area contributed by atoms with Gasteiger partial charge in [-0.25, -0.2) is 0 Å². The average molecular weight is 354 g/mol. The van der Waals surface area contributed by atoms with Crippen LogP contribution < -0.4 is 0 Å². The van der Waals surface area contributed by atoms with E-state index in [9.17, 15) is 9.59 Å². The summed E-state index contributed by atoms with van der Waals surface area (Å²) in [6, 6.07) is 9.64. The van der Waals surface area contributed by atoms with E-state index in [-0.39, 0.29) is 24.6 Å². The van der Waals surface area contributed by atoms with Crippen LogP contribution in [0.5, 0.6) is 0 Å². The molecule has 0 saturated carbocycles. The second-order valence-corrected chi connectivity index (χ2v) is 5.48. The Morgan fingerprint density at radius 1 is 0.960 bits per heavy atom. The van der Waals surface area contributed by atoms with Crippen molar-refractivity contribution in [3.8, 4) is 0 Å². The molecule has 0 radical (unpaired) electrons. The van der Waals surface area contributed by atoms with E-state index in [4.69, 9.17) is 19.3 Å². The van der Waals surface area contributed by atoms with E-state index in [1.165, 1.54) is 7.11 Å². The first-order valence-electron chi connectivity index (χ1n) is 8.43. The number of hydrogen-bond donors (Lipinski definition) is 1. The second kappa shape index (κ2) is 14.4. The third-order valence-corrected chi connectivity index (χ3v) is 3.62. The lowest BCUT2D eigenvalue weighted by Gasteiger charge is -2.12. The number of rotatable bonds is 10. The molecule has 1 aromatic rings. The molecule has 142 valence electrons. The quantitative estimate of drug-likeness (QED) is 0.648. The van der Waals surface area contributed by atoms with E-state index >= 15 is 0 Å². The molecule has 1 aromatic carbocycles. The fourth-order valence-corrected chi connectivity index (χ4v) is 1.97. The lowest BCUT2D eigenvalue weighted by atomic mass is 10.2. The Balaban J connectivity index is 0.000000547. The van der Waals surface area contributed by atoms with Crippen molar-refractivity contribution in [1.29, 1.82) is 0 Å². The summed E-state index contributed by atoms with van der Waals surface area (Å²) in [5.41, 5.74) is 1.00. The second-order valence-electron chi connectivity index (χ2n) is 5.48. The normalized spacial score (nSPS) is 12.5. The highest BCUT2D eigenvalue weighted by atomic mass is 16.5. The van der Waals surface area contributed by atoms with E-state index < -0.39 is 5.97 Å². The Bertz CT molecular complexity index is 466. The molecule has 0 aliphatic rings. The molecule has 1 rings (SSSR count). The van der Waals surface area contributed by atoms with Gasteiger partial charge in [0.15, 0.2) is 0 Å². The van der Waals surface area contributed by atoms with Crippen molar-refractivity contribution in [3.63, 3.8) is 0 Å². The van der Waals surface area contributed by atoms with Gasteiger partial charge in [0.05, 0.1) is 25.0 Å². The van der Waals surface area contributed by atoms with E-state index in [0.717, 1.165) is 18.4 Å². The zero-order chi connectivity index (χ0) is 19.1. The van der Waals surface area contributed by atoms with Crippen LogP contribution >= 0.6 is 0 Å². The van der Waals surface area contributed by atoms with Crippen LogP contribution in [0.4, 0.5) is 0 Å².